The minimum atomic E-state index is -4.73. The van der Waals surface area contributed by atoms with Crippen molar-refractivity contribution in [2.75, 3.05) is 40.3 Å². The third kappa shape index (κ3) is 13.5. The van der Waals surface area contributed by atoms with E-state index >= 15 is 0 Å². The van der Waals surface area contributed by atoms with Crippen molar-refractivity contribution in [3.8, 4) is 11.5 Å². The summed E-state index contributed by atoms with van der Waals surface area (Å²) in [6.07, 6.45) is -0.665. The topological polar surface area (TPSA) is 239 Å². The van der Waals surface area contributed by atoms with Crippen LogP contribution < -0.4 is 15.2 Å². The van der Waals surface area contributed by atoms with Crippen molar-refractivity contribution in [2.24, 2.45) is 0 Å². The maximum Gasteiger partial charge on any atom is 0.524 e. The molecule has 4 aliphatic rings. The van der Waals surface area contributed by atoms with E-state index in [0.717, 1.165) is 49.4 Å². The molecule has 4 heterocycles. The molecule has 0 aliphatic carbocycles. The Kier molecular flexibility index (Phi) is 17.8. The summed E-state index contributed by atoms with van der Waals surface area (Å²) in [7, 11) is -1.47. The number of hydrogen-bond acceptors (Lipinski definition) is 11. The Morgan fingerprint density at radius 3 is 1.32 bits per heavy atom. The van der Waals surface area contributed by atoms with E-state index in [4.69, 9.17) is 9.79 Å². The summed E-state index contributed by atoms with van der Waals surface area (Å²) in [6, 6.07) is 57.6. The molecule has 4 fully saturated rings. The van der Waals surface area contributed by atoms with Crippen molar-refractivity contribution in [3.05, 3.63) is 228 Å². The number of fused-ring (bicyclic) bond motifs is 4. The molecule has 4 saturated heterocycles. The van der Waals surface area contributed by atoms with Gasteiger partial charge in [-0.3, -0.25) is 39.0 Å². The maximum atomic E-state index is 14.2. The number of hydrogen-bond donors (Lipinski definition) is 5. The molecule has 452 valence electrons. The average Bonchev–Trinajstić information content (AvgIpc) is 1.64. The van der Waals surface area contributed by atoms with Crippen molar-refractivity contribution in [1.29, 1.82) is 0 Å². The average molecular weight is 1210 g/mol. The van der Waals surface area contributed by atoms with Crippen LogP contribution in [0.4, 0.5) is 9.59 Å². The van der Waals surface area contributed by atoms with E-state index < -0.39 is 32.2 Å². The maximum absolute atomic E-state index is 14.2. The summed E-state index contributed by atoms with van der Waals surface area (Å²) in [5, 5.41) is 26.1. The van der Waals surface area contributed by atoms with Crippen LogP contribution in [-0.4, -0.2) is 155 Å². The second-order valence-corrected chi connectivity index (χ2v) is 23.3. The number of hydrazine groups is 2. The van der Waals surface area contributed by atoms with Gasteiger partial charge in [0.2, 0.25) is 23.6 Å². The summed E-state index contributed by atoms with van der Waals surface area (Å²) < 4.78 is 15.9. The molecule has 8 aromatic carbocycles. The SMILES string of the molecule is CN(C(=O)NCc1ccccc1)N1CC(=O)N2[C@@H](Cc3ccc(O)cc3)C(=O)N(Cc3cccc4ccccc34)C[C@@H]21.CN(C(=O)NCc1ccccc1)N1CC(=O)N2[C@@H](Cc3ccc(OP(=O)(O)O)cc3)C(=O)N(Cc3cccc4ccccc34)C[C@@H]21. The van der Waals surface area contributed by atoms with E-state index in [1.54, 1.807) is 80.1 Å². The standard InChI is InChI=1S/C33H34N5O7P.C33H33N5O4/c1-35(33(41)34-19-24-8-3-2-4-9-24)37-22-31(39)38-29(18-23-14-16-27(17-15-23)45-46(42,43)44)32(40)36(21-30(37)38)20-26-12-7-11-25-10-5-6-13-28(25)26;1-35(33(42)34-19-24-8-3-2-4-9-24)37-22-31(40)38-29(18-23-14-16-27(39)17-15-23)32(41)36(21-30(37)38)20-26-12-7-11-25-10-5-6-13-28(25)26/h2-17,29-30H,18-22H2,1H3,(H,34,41)(H2,42,43,44);2-17,29-30,39H,18-22H2,1H3,(H,34,42)/t2*29-,30+/m00/s1. The van der Waals surface area contributed by atoms with Crippen LogP contribution in [0, 0.1) is 0 Å². The first-order chi connectivity index (χ1) is 42.5. The van der Waals surface area contributed by atoms with E-state index in [-0.39, 0.29) is 79.8 Å². The van der Waals surface area contributed by atoms with Gasteiger partial charge in [-0.2, -0.15) is 10.0 Å². The van der Waals surface area contributed by atoms with Crippen LogP contribution in [0.2, 0.25) is 0 Å². The molecule has 0 radical (unpaired) electrons. The van der Waals surface area contributed by atoms with Gasteiger partial charge in [0.15, 0.2) is 0 Å². The highest BCUT2D eigenvalue weighted by Gasteiger charge is 2.53. The lowest BCUT2D eigenvalue weighted by molar-refractivity contribution is -0.157. The van der Waals surface area contributed by atoms with Crippen molar-refractivity contribution in [2.45, 2.75) is 63.4 Å². The number of nitrogens with one attached hydrogen (secondary N) is 2. The lowest BCUT2D eigenvalue weighted by Crippen LogP contribution is -2.65. The molecule has 0 aromatic heterocycles. The largest absolute Gasteiger partial charge is 0.524 e. The van der Waals surface area contributed by atoms with Crippen LogP contribution >= 0.6 is 7.82 Å². The first-order valence-electron chi connectivity index (χ1n) is 28.9. The number of rotatable bonds is 16. The highest BCUT2D eigenvalue weighted by molar-refractivity contribution is 7.46. The van der Waals surface area contributed by atoms with Gasteiger partial charge in [-0.1, -0.05) is 170 Å². The van der Waals surface area contributed by atoms with Crippen LogP contribution in [0.25, 0.3) is 21.5 Å². The summed E-state index contributed by atoms with van der Waals surface area (Å²) >= 11 is 0. The molecule has 4 aliphatic heterocycles. The highest BCUT2D eigenvalue weighted by atomic mass is 31.2. The minimum Gasteiger partial charge on any atom is -0.508 e. The predicted octanol–water partition coefficient (Wildman–Crippen LogP) is 7.22. The third-order valence-electron chi connectivity index (χ3n) is 16.5. The second kappa shape index (κ2) is 26.1. The number of urea groups is 2. The van der Waals surface area contributed by atoms with E-state index in [2.05, 4.69) is 21.2 Å². The van der Waals surface area contributed by atoms with Gasteiger partial charge in [-0.15, -0.1) is 0 Å². The number of phosphoric acid groups is 1. The zero-order valence-electron chi connectivity index (χ0n) is 48.5. The zero-order valence-corrected chi connectivity index (χ0v) is 49.4. The fraction of sp³-hybridized carbons (Fsp3) is 0.242. The van der Waals surface area contributed by atoms with Crippen LogP contribution in [-0.2, 0) is 62.8 Å². The summed E-state index contributed by atoms with van der Waals surface area (Å²) in [5.74, 6) is -0.739. The smallest absolute Gasteiger partial charge is 0.508 e. The molecule has 5 N–H and O–H groups in total. The molecular formula is C66H67N10O11P. The Morgan fingerprint density at radius 2 is 0.898 bits per heavy atom. The molecule has 88 heavy (non-hydrogen) atoms. The Bertz CT molecular complexity index is 3910. The number of phenolic OH excluding ortho intramolecular Hbond substituents is 1. The third-order valence-corrected chi connectivity index (χ3v) is 16.9. The lowest BCUT2D eigenvalue weighted by Gasteiger charge is -2.46. The van der Waals surface area contributed by atoms with Crippen LogP contribution in [0.5, 0.6) is 11.5 Å². The van der Waals surface area contributed by atoms with Gasteiger partial charge >= 0.3 is 19.9 Å². The molecule has 0 bridgehead atoms. The summed E-state index contributed by atoms with van der Waals surface area (Å²) in [6.45, 7) is 1.71. The van der Waals surface area contributed by atoms with E-state index in [1.165, 1.54) is 22.2 Å². The quantitative estimate of drug-likeness (QED) is 0.0602. The van der Waals surface area contributed by atoms with Crippen molar-refractivity contribution in [3.63, 3.8) is 0 Å². The van der Waals surface area contributed by atoms with Crippen LogP contribution in [0.15, 0.2) is 194 Å². The second-order valence-electron chi connectivity index (χ2n) is 22.1. The Hall–Kier alpha value is -9.63. The molecular weight excluding hydrogens is 1140 g/mol. The van der Waals surface area contributed by atoms with Crippen molar-refractivity contribution >= 4 is 65.1 Å². The molecule has 0 spiro atoms. The Morgan fingerprint density at radius 1 is 0.511 bits per heavy atom. The predicted molar refractivity (Wildman–Crippen MR) is 328 cm³/mol. The van der Waals surface area contributed by atoms with Gasteiger partial charge in [0, 0.05) is 53.1 Å². The van der Waals surface area contributed by atoms with Crippen molar-refractivity contribution in [1.82, 2.24) is 50.3 Å². The fourth-order valence-corrected chi connectivity index (χ4v) is 12.5. The number of amides is 8. The molecule has 12 rings (SSSR count). The van der Waals surface area contributed by atoms with Gasteiger partial charge < -0.3 is 39.9 Å². The number of phenols is 1. The summed E-state index contributed by atoms with van der Waals surface area (Å²) in [4.78, 5) is 107. The molecule has 22 heteroatoms. The Balaban J connectivity index is 0.000000183. The van der Waals surface area contributed by atoms with E-state index in [9.17, 15) is 38.4 Å². The fourth-order valence-electron chi connectivity index (χ4n) is 12.1. The molecule has 21 nitrogen and oxygen atoms in total. The van der Waals surface area contributed by atoms with E-state index in [1.807, 2.05) is 140 Å². The molecule has 0 saturated carbocycles. The number of benzene rings is 8. The van der Waals surface area contributed by atoms with Crippen molar-refractivity contribution < 1.29 is 52.7 Å². The number of nitrogens with zero attached hydrogens (tertiary/aromatic N) is 8. The summed E-state index contributed by atoms with van der Waals surface area (Å²) in [5.41, 5.74) is 5.38. The van der Waals surface area contributed by atoms with Gasteiger partial charge in [0.05, 0.1) is 26.2 Å². The van der Waals surface area contributed by atoms with Crippen LogP contribution in [0.3, 0.4) is 0 Å². The van der Waals surface area contributed by atoms with Gasteiger partial charge in [-0.05, 0) is 79.2 Å². The number of piperazine rings is 2. The first kappa shape index (κ1) is 60.1. The zero-order chi connectivity index (χ0) is 61.6. The monoisotopic (exact) mass is 1210 g/mol. The molecule has 4 atom stereocenters. The normalized spacial score (nSPS) is 18.6. The Labute approximate surface area is 508 Å². The van der Waals surface area contributed by atoms with E-state index in [0.29, 0.717) is 38.2 Å². The lowest BCUT2D eigenvalue weighted by atomic mass is 9.99. The van der Waals surface area contributed by atoms with Crippen LogP contribution in [0.1, 0.15) is 33.4 Å². The number of phosphoric ester groups is 1. The molecule has 8 amide bonds. The number of aromatic hydroxyl groups is 1. The minimum absolute atomic E-state index is 0.0125. The highest BCUT2D eigenvalue weighted by Crippen LogP contribution is 2.38. The first-order valence-corrected chi connectivity index (χ1v) is 30.4. The van der Waals surface area contributed by atoms with Gasteiger partial charge in [0.1, 0.15) is 35.9 Å². The number of carbonyl (C=O) groups is 6. The molecule has 8 aromatic rings. The number of carbonyl (C=O) groups excluding carboxylic acids is 6. The van der Waals surface area contributed by atoms with Gasteiger partial charge in [-0.25, -0.2) is 14.2 Å². The molecule has 0 unspecified atom stereocenters. The van der Waals surface area contributed by atoms with Gasteiger partial charge in [0.25, 0.3) is 0 Å².